The lowest BCUT2D eigenvalue weighted by Crippen LogP contribution is -2.38. The summed E-state index contributed by atoms with van der Waals surface area (Å²) >= 11 is 0. The van der Waals surface area contributed by atoms with E-state index in [1.807, 2.05) is 25.5 Å². The second-order valence-electron chi connectivity index (χ2n) is 7.18. The van der Waals surface area contributed by atoms with E-state index in [2.05, 4.69) is 40.0 Å². The summed E-state index contributed by atoms with van der Waals surface area (Å²) < 4.78 is 1.80. The fourth-order valence-corrected chi connectivity index (χ4v) is 3.83. The SMILES string of the molecule is Cn1cc([C@H]2CNC[C@@H]2C(=O)NCC2(c3ccccc3)CC2)cn1. The zero-order valence-electron chi connectivity index (χ0n) is 14.0. The first-order valence-corrected chi connectivity index (χ1v) is 8.70. The fourth-order valence-electron chi connectivity index (χ4n) is 3.83. The zero-order chi connectivity index (χ0) is 16.6. The van der Waals surface area contributed by atoms with Crippen LogP contribution in [0.2, 0.25) is 0 Å². The van der Waals surface area contributed by atoms with Crippen molar-refractivity contribution in [1.29, 1.82) is 0 Å². The summed E-state index contributed by atoms with van der Waals surface area (Å²) in [5, 5.41) is 10.8. The molecular formula is C19H24N4O. The Morgan fingerprint density at radius 1 is 1.33 bits per heavy atom. The molecule has 4 rings (SSSR count). The van der Waals surface area contributed by atoms with Gasteiger partial charge in [0.2, 0.25) is 5.91 Å². The molecule has 2 atom stereocenters. The standard InChI is InChI=1S/C19H24N4O/c1-23-12-14(9-22-23)16-10-20-11-17(16)18(24)21-13-19(7-8-19)15-5-3-2-4-6-15/h2-6,9,12,16-17,20H,7-8,10-11,13H2,1H3,(H,21,24)/t16-,17+/m1/s1. The first kappa shape index (κ1) is 15.4. The number of hydrogen-bond acceptors (Lipinski definition) is 3. The van der Waals surface area contributed by atoms with Gasteiger partial charge in [0.15, 0.2) is 0 Å². The van der Waals surface area contributed by atoms with E-state index in [-0.39, 0.29) is 23.2 Å². The van der Waals surface area contributed by atoms with Crippen molar-refractivity contribution in [2.75, 3.05) is 19.6 Å². The molecule has 2 heterocycles. The zero-order valence-corrected chi connectivity index (χ0v) is 14.0. The van der Waals surface area contributed by atoms with Crippen molar-refractivity contribution in [2.45, 2.75) is 24.2 Å². The van der Waals surface area contributed by atoms with Crippen molar-refractivity contribution in [3.8, 4) is 0 Å². The summed E-state index contributed by atoms with van der Waals surface area (Å²) in [6.07, 6.45) is 6.22. The van der Waals surface area contributed by atoms with E-state index in [0.29, 0.717) is 0 Å². The summed E-state index contributed by atoms with van der Waals surface area (Å²) in [7, 11) is 1.91. The largest absolute Gasteiger partial charge is 0.355 e. The van der Waals surface area contributed by atoms with Gasteiger partial charge < -0.3 is 10.6 Å². The minimum Gasteiger partial charge on any atom is -0.355 e. The van der Waals surface area contributed by atoms with Gasteiger partial charge in [-0.2, -0.15) is 5.10 Å². The van der Waals surface area contributed by atoms with Gasteiger partial charge in [-0.15, -0.1) is 0 Å². The van der Waals surface area contributed by atoms with Crippen LogP contribution in [0.1, 0.15) is 29.9 Å². The molecular weight excluding hydrogens is 300 g/mol. The van der Waals surface area contributed by atoms with Crippen molar-refractivity contribution in [1.82, 2.24) is 20.4 Å². The number of nitrogens with zero attached hydrogens (tertiary/aromatic N) is 2. The lowest BCUT2D eigenvalue weighted by atomic mass is 9.89. The molecule has 0 unspecified atom stereocenters. The normalized spacial score (nSPS) is 24.7. The molecule has 126 valence electrons. The molecule has 0 spiro atoms. The first-order valence-electron chi connectivity index (χ1n) is 8.70. The quantitative estimate of drug-likeness (QED) is 0.878. The lowest BCUT2D eigenvalue weighted by Gasteiger charge is -2.21. The molecule has 1 aliphatic heterocycles. The summed E-state index contributed by atoms with van der Waals surface area (Å²) in [4.78, 5) is 12.8. The third kappa shape index (κ3) is 2.84. The van der Waals surface area contributed by atoms with Crippen LogP contribution < -0.4 is 10.6 Å². The molecule has 2 aliphatic rings. The van der Waals surface area contributed by atoms with Crippen LogP contribution in [0.25, 0.3) is 0 Å². The maximum Gasteiger partial charge on any atom is 0.225 e. The molecule has 1 saturated carbocycles. The third-order valence-electron chi connectivity index (χ3n) is 5.54. The molecule has 1 aromatic carbocycles. The number of carbonyl (C=O) groups excluding carboxylic acids is 1. The van der Waals surface area contributed by atoms with Crippen LogP contribution >= 0.6 is 0 Å². The van der Waals surface area contributed by atoms with Gasteiger partial charge in [-0.3, -0.25) is 9.48 Å². The summed E-state index contributed by atoms with van der Waals surface area (Å²) in [6, 6.07) is 10.6. The molecule has 5 heteroatoms. The summed E-state index contributed by atoms with van der Waals surface area (Å²) in [6.45, 7) is 2.32. The highest BCUT2D eigenvalue weighted by atomic mass is 16.1. The lowest BCUT2D eigenvalue weighted by molar-refractivity contribution is -0.124. The molecule has 2 fully saturated rings. The number of carbonyl (C=O) groups is 1. The smallest absolute Gasteiger partial charge is 0.225 e. The topological polar surface area (TPSA) is 59.0 Å². The molecule has 24 heavy (non-hydrogen) atoms. The highest BCUT2D eigenvalue weighted by Crippen LogP contribution is 2.47. The van der Waals surface area contributed by atoms with Crippen LogP contribution in [0.5, 0.6) is 0 Å². The first-order chi connectivity index (χ1) is 11.7. The predicted molar refractivity (Wildman–Crippen MR) is 92.7 cm³/mol. The summed E-state index contributed by atoms with van der Waals surface area (Å²) in [5.41, 5.74) is 2.65. The minimum atomic E-state index is -0.0132. The van der Waals surface area contributed by atoms with Crippen LogP contribution in [0.4, 0.5) is 0 Å². The number of nitrogens with one attached hydrogen (secondary N) is 2. The highest BCUT2D eigenvalue weighted by Gasteiger charge is 2.45. The Kier molecular flexibility index (Phi) is 3.88. The molecule has 2 aromatic rings. The molecule has 1 aliphatic carbocycles. The van der Waals surface area contributed by atoms with Crippen molar-refractivity contribution in [3.63, 3.8) is 0 Å². The Labute approximate surface area is 142 Å². The third-order valence-corrected chi connectivity index (χ3v) is 5.54. The molecule has 2 N–H and O–H groups in total. The van der Waals surface area contributed by atoms with E-state index in [0.717, 1.165) is 38.0 Å². The Morgan fingerprint density at radius 3 is 2.79 bits per heavy atom. The van der Waals surface area contributed by atoms with Gasteiger partial charge in [-0.1, -0.05) is 30.3 Å². The van der Waals surface area contributed by atoms with Crippen molar-refractivity contribution in [3.05, 3.63) is 53.9 Å². The Morgan fingerprint density at radius 2 is 2.12 bits per heavy atom. The second kappa shape index (κ2) is 6.06. The maximum atomic E-state index is 12.8. The second-order valence-corrected chi connectivity index (χ2v) is 7.18. The van der Waals surface area contributed by atoms with Gasteiger partial charge in [-0.05, 0) is 24.0 Å². The Balaban J connectivity index is 1.41. The maximum absolute atomic E-state index is 12.8. The Bertz CT molecular complexity index is 720. The van der Waals surface area contributed by atoms with Crippen LogP contribution in [0, 0.1) is 5.92 Å². The van der Waals surface area contributed by atoms with E-state index in [1.54, 1.807) is 4.68 Å². The van der Waals surface area contributed by atoms with Crippen molar-refractivity contribution < 1.29 is 4.79 Å². The highest BCUT2D eigenvalue weighted by molar-refractivity contribution is 5.80. The molecule has 1 saturated heterocycles. The van der Waals surface area contributed by atoms with Crippen LogP contribution in [0.3, 0.4) is 0 Å². The molecule has 5 nitrogen and oxygen atoms in total. The monoisotopic (exact) mass is 324 g/mol. The average molecular weight is 324 g/mol. The van der Waals surface area contributed by atoms with Gasteiger partial charge in [0.05, 0.1) is 12.1 Å². The average Bonchev–Trinajstić information content (AvgIpc) is 3.02. The van der Waals surface area contributed by atoms with Gasteiger partial charge in [0, 0.05) is 44.2 Å². The van der Waals surface area contributed by atoms with Crippen LogP contribution in [-0.4, -0.2) is 35.3 Å². The van der Waals surface area contributed by atoms with Gasteiger partial charge in [0.1, 0.15) is 0 Å². The predicted octanol–water partition coefficient (Wildman–Crippen LogP) is 1.57. The van der Waals surface area contributed by atoms with Crippen LogP contribution in [0.15, 0.2) is 42.7 Å². The number of amides is 1. The van der Waals surface area contributed by atoms with Crippen LogP contribution in [-0.2, 0) is 17.3 Å². The minimum absolute atomic E-state index is 0.0132. The van der Waals surface area contributed by atoms with E-state index in [4.69, 9.17) is 0 Å². The van der Waals surface area contributed by atoms with Crippen molar-refractivity contribution >= 4 is 5.91 Å². The number of rotatable bonds is 5. The molecule has 0 bridgehead atoms. The number of aryl methyl sites for hydroxylation is 1. The van der Waals surface area contributed by atoms with E-state index in [9.17, 15) is 4.79 Å². The van der Waals surface area contributed by atoms with Gasteiger partial charge in [0.25, 0.3) is 0 Å². The van der Waals surface area contributed by atoms with E-state index in [1.165, 1.54) is 5.56 Å². The fraction of sp³-hybridized carbons (Fsp3) is 0.474. The van der Waals surface area contributed by atoms with E-state index < -0.39 is 0 Å². The Hall–Kier alpha value is -2.14. The number of benzene rings is 1. The van der Waals surface area contributed by atoms with Gasteiger partial charge >= 0.3 is 0 Å². The molecule has 1 aromatic heterocycles. The number of hydrogen-bond donors (Lipinski definition) is 2. The van der Waals surface area contributed by atoms with E-state index >= 15 is 0 Å². The molecule has 0 radical (unpaired) electrons. The van der Waals surface area contributed by atoms with Gasteiger partial charge in [-0.25, -0.2) is 0 Å². The molecule has 1 amide bonds. The number of aromatic nitrogens is 2. The summed E-state index contributed by atoms with van der Waals surface area (Å²) in [5.74, 6) is 0.363. The van der Waals surface area contributed by atoms with Crippen molar-refractivity contribution in [2.24, 2.45) is 13.0 Å².